The van der Waals surface area contributed by atoms with E-state index in [0.717, 1.165) is 0 Å². The lowest BCUT2D eigenvalue weighted by molar-refractivity contribution is -0.116. The Bertz CT molecular complexity index is 1200. The van der Waals surface area contributed by atoms with Gasteiger partial charge in [-0.1, -0.05) is 0 Å². The maximum Gasteiger partial charge on any atom is 0.469 e. The third-order valence-corrected chi connectivity index (χ3v) is 5.49. The number of ether oxygens (including phenoxy) is 3. The number of aliphatic hydroxyl groups is 2. The van der Waals surface area contributed by atoms with Crippen LogP contribution in [0.15, 0.2) is 24.8 Å². The summed E-state index contributed by atoms with van der Waals surface area (Å²) >= 11 is 0. The van der Waals surface area contributed by atoms with Crippen LogP contribution in [0.3, 0.4) is 0 Å². The second kappa shape index (κ2) is 9.68. The number of aromatic nitrogens is 4. The number of aromatic hydroxyl groups is 1. The summed E-state index contributed by atoms with van der Waals surface area (Å²) in [5.41, 5.74) is 1.41. The molecule has 4 rings (SSSR count). The zero-order valence-electron chi connectivity index (χ0n) is 17.6. The number of phenolic OH excluding ortho intramolecular Hbond substituents is 1. The molecule has 34 heavy (non-hydrogen) atoms. The molecule has 184 valence electrons. The van der Waals surface area contributed by atoms with Crippen LogP contribution in [0.2, 0.25) is 0 Å². The number of aliphatic hydroxyl groups excluding tert-OH is 2. The number of phenols is 1. The minimum absolute atomic E-state index is 0.0688. The Hall–Kier alpha value is -3.04. The fourth-order valence-corrected chi connectivity index (χ4v) is 3.65. The number of nitrogens with zero attached hydrogens (tertiary/aromatic N) is 3. The van der Waals surface area contributed by atoms with Crippen molar-refractivity contribution in [3.8, 4) is 17.2 Å². The van der Waals surface area contributed by atoms with Gasteiger partial charge in [0.25, 0.3) is 0 Å². The van der Waals surface area contributed by atoms with Gasteiger partial charge in [-0.05, 0) is 6.07 Å². The molecule has 4 atom stereocenters. The Morgan fingerprint density at radius 1 is 1.18 bits per heavy atom. The van der Waals surface area contributed by atoms with E-state index in [-0.39, 0.29) is 23.8 Å². The van der Waals surface area contributed by atoms with Crippen LogP contribution in [-0.4, -0.2) is 83.4 Å². The van der Waals surface area contributed by atoms with Crippen molar-refractivity contribution in [2.75, 3.05) is 19.0 Å². The molecule has 7 N–H and O–H groups in total. The first-order valence-corrected chi connectivity index (χ1v) is 11.4. The normalized spacial score (nSPS) is 22.7. The van der Waals surface area contributed by atoms with E-state index in [1.165, 1.54) is 31.9 Å². The van der Waals surface area contributed by atoms with Crippen LogP contribution in [0, 0.1) is 0 Å². The van der Waals surface area contributed by atoms with Gasteiger partial charge in [-0.25, -0.2) is 19.5 Å². The molecule has 0 spiro atoms. The Morgan fingerprint density at radius 3 is 2.71 bits per heavy atom. The number of methoxy groups -OCH3 is 1. The van der Waals surface area contributed by atoms with Crippen molar-refractivity contribution in [3.05, 3.63) is 30.4 Å². The molecule has 3 aromatic rings. The van der Waals surface area contributed by atoms with Crippen molar-refractivity contribution in [1.82, 2.24) is 19.9 Å². The molecule has 16 heteroatoms. The number of anilines is 1. The minimum Gasteiger partial charge on any atom is -0.507 e. The topological polar surface area (TPSA) is 222 Å². The van der Waals surface area contributed by atoms with E-state index >= 15 is 0 Å². The van der Waals surface area contributed by atoms with Crippen LogP contribution < -0.4 is 14.8 Å². The summed E-state index contributed by atoms with van der Waals surface area (Å²) in [4.78, 5) is 32.8. The number of hydrogen-bond acceptors (Lipinski definition) is 12. The lowest BCUT2D eigenvalue weighted by atomic mass is 10.1. The largest absolute Gasteiger partial charge is 0.507 e. The third-order valence-electron chi connectivity index (χ3n) is 5.00. The van der Waals surface area contributed by atoms with Crippen LogP contribution >= 0.6 is 7.82 Å². The summed E-state index contributed by atoms with van der Waals surface area (Å²) in [5.74, 6) is 0.511. The lowest BCUT2D eigenvalue weighted by Crippen LogP contribution is -2.35. The highest BCUT2D eigenvalue weighted by Crippen LogP contribution is 2.39. The molecule has 0 radical (unpaired) electrons. The molecule has 0 saturated carbocycles. The second-order valence-corrected chi connectivity index (χ2v) is 8.48. The quantitative estimate of drug-likeness (QED) is 0.186. The van der Waals surface area contributed by atoms with Gasteiger partial charge in [0.05, 0.1) is 20.0 Å². The van der Waals surface area contributed by atoms with Gasteiger partial charge >= 0.3 is 7.82 Å². The molecule has 1 saturated heterocycles. The van der Waals surface area contributed by atoms with Gasteiger partial charge < -0.3 is 49.6 Å². The van der Waals surface area contributed by atoms with E-state index in [1.54, 1.807) is 0 Å². The first-order chi connectivity index (χ1) is 16.2. The first-order valence-electron chi connectivity index (χ1n) is 9.82. The summed E-state index contributed by atoms with van der Waals surface area (Å²) in [6, 6.07) is 2.73. The van der Waals surface area contributed by atoms with E-state index in [9.17, 15) is 19.9 Å². The van der Waals surface area contributed by atoms with Gasteiger partial charge in [-0.3, -0.25) is 4.52 Å². The van der Waals surface area contributed by atoms with Gasteiger partial charge in [0, 0.05) is 18.2 Å². The number of phosphoric acid groups is 1. The summed E-state index contributed by atoms with van der Waals surface area (Å²) in [6.45, 7) is -0.571. The predicted molar refractivity (Wildman–Crippen MR) is 113 cm³/mol. The number of imidazole rings is 1. The van der Waals surface area contributed by atoms with Crippen molar-refractivity contribution >= 4 is 24.8 Å². The highest BCUT2D eigenvalue weighted by molar-refractivity contribution is 7.46. The molecule has 0 bridgehead atoms. The number of nitrogens with one attached hydrogen (secondary N) is 2. The highest BCUT2D eigenvalue weighted by atomic mass is 31.2. The molecular weight excluding hydrogens is 477 g/mol. The van der Waals surface area contributed by atoms with Crippen LogP contribution in [0.4, 0.5) is 5.82 Å². The number of phosphoric ester groups is 1. The average Bonchev–Trinajstić information content (AvgIpc) is 3.38. The number of aromatic amines is 1. The van der Waals surface area contributed by atoms with Crippen molar-refractivity contribution in [3.63, 3.8) is 0 Å². The SMILES string of the molecule is COc1cc(O)c(CNc2ncnc3nc[nH]c23)cc1OC1O[C@H](COP(=O)(O)O)[C@@H](O)[C@H]1O. The minimum atomic E-state index is -4.80. The van der Waals surface area contributed by atoms with E-state index in [2.05, 4.69) is 29.8 Å². The molecule has 0 amide bonds. The fourth-order valence-electron chi connectivity index (χ4n) is 3.31. The van der Waals surface area contributed by atoms with Gasteiger partial charge in [0.1, 0.15) is 35.9 Å². The van der Waals surface area contributed by atoms with E-state index in [1.807, 2.05) is 0 Å². The summed E-state index contributed by atoms with van der Waals surface area (Å²) in [5, 5.41) is 33.8. The molecule has 15 nitrogen and oxygen atoms in total. The highest BCUT2D eigenvalue weighted by Gasteiger charge is 2.45. The Morgan fingerprint density at radius 2 is 1.97 bits per heavy atom. The van der Waals surface area contributed by atoms with Crippen LogP contribution in [0.25, 0.3) is 11.2 Å². The van der Waals surface area contributed by atoms with Crippen molar-refractivity contribution < 1.29 is 48.4 Å². The maximum atomic E-state index is 10.9. The predicted octanol–water partition coefficient (Wildman–Crippen LogP) is -0.386. The van der Waals surface area contributed by atoms with Crippen LogP contribution in [0.1, 0.15) is 5.56 Å². The van der Waals surface area contributed by atoms with Crippen molar-refractivity contribution in [1.29, 1.82) is 0 Å². The molecular formula is C18H22N5O10P. The second-order valence-electron chi connectivity index (χ2n) is 7.24. The summed E-state index contributed by atoms with van der Waals surface area (Å²) in [6.07, 6.45) is -2.95. The summed E-state index contributed by atoms with van der Waals surface area (Å²) in [7, 11) is -3.46. The first kappa shape index (κ1) is 24.1. The molecule has 1 aliphatic rings. The van der Waals surface area contributed by atoms with E-state index in [0.29, 0.717) is 22.5 Å². The molecule has 0 aliphatic carbocycles. The number of fused-ring (bicyclic) bond motifs is 1. The zero-order chi connectivity index (χ0) is 24.5. The van der Waals surface area contributed by atoms with Gasteiger partial charge in [-0.2, -0.15) is 0 Å². The molecule has 3 heterocycles. The Balaban J connectivity index is 1.50. The van der Waals surface area contributed by atoms with E-state index < -0.39 is 39.0 Å². The monoisotopic (exact) mass is 499 g/mol. The van der Waals surface area contributed by atoms with E-state index in [4.69, 9.17) is 24.0 Å². The molecule has 1 aliphatic heterocycles. The van der Waals surface area contributed by atoms with Crippen LogP contribution in [0.5, 0.6) is 17.2 Å². The lowest BCUT2D eigenvalue weighted by Gasteiger charge is -2.20. The average molecular weight is 499 g/mol. The van der Waals surface area contributed by atoms with Gasteiger partial charge in [0.15, 0.2) is 23.0 Å². The summed E-state index contributed by atoms with van der Waals surface area (Å²) < 4.78 is 31.5. The molecule has 2 aromatic heterocycles. The molecule has 1 unspecified atom stereocenters. The number of hydrogen-bond donors (Lipinski definition) is 7. The fraction of sp³-hybridized carbons (Fsp3) is 0.389. The zero-order valence-corrected chi connectivity index (χ0v) is 18.5. The van der Waals surface area contributed by atoms with Crippen LogP contribution in [-0.2, 0) is 20.4 Å². The van der Waals surface area contributed by atoms with Gasteiger partial charge in [-0.15, -0.1) is 0 Å². The standard InChI is InChI=1S/C18H22N5O10P/c1-30-10-3-9(24)8(4-19-16-13-17(21-6-20-13)23-7-22-16)2-11(10)32-18-15(26)14(25)12(33-18)5-31-34(27,28)29/h2-3,6-7,12,14-15,18,24-26H,4-5H2,1H3,(H2,27,28,29)(H2,19,20,21,22,23)/t12-,14-,15-,18?/m1/s1. The Kier molecular flexibility index (Phi) is 6.86. The smallest absolute Gasteiger partial charge is 0.469 e. The number of benzene rings is 1. The molecule has 1 fully saturated rings. The Labute approximate surface area is 191 Å². The number of rotatable bonds is 9. The number of H-pyrrole nitrogens is 1. The maximum absolute atomic E-state index is 10.9. The van der Waals surface area contributed by atoms with Crippen molar-refractivity contribution in [2.45, 2.75) is 31.1 Å². The third kappa shape index (κ3) is 5.20. The molecule has 1 aromatic carbocycles. The van der Waals surface area contributed by atoms with Gasteiger partial charge in [0.2, 0.25) is 6.29 Å². The van der Waals surface area contributed by atoms with Crippen molar-refractivity contribution in [2.24, 2.45) is 0 Å².